The number of rotatable bonds is 4. The minimum atomic E-state index is 0.527. The molecule has 0 aliphatic heterocycles. The second-order valence-electron chi connectivity index (χ2n) is 4.01. The first-order chi connectivity index (χ1) is 8.60. The van der Waals surface area contributed by atoms with Crippen LogP contribution in [0.3, 0.4) is 0 Å². The number of hydrogen-bond donors (Lipinski definition) is 1. The minimum absolute atomic E-state index is 0.527. The second-order valence-corrected chi connectivity index (χ2v) is 4.01. The summed E-state index contributed by atoms with van der Waals surface area (Å²) in [5.41, 5.74) is 1.93. The maximum atomic E-state index is 4.36. The van der Waals surface area contributed by atoms with Gasteiger partial charge >= 0.3 is 0 Å². The van der Waals surface area contributed by atoms with Gasteiger partial charge in [-0.25, -0.2) is 4.68 Å². The lowest BCUT2D eigenvalue weighted by molar-refractivity contribution is 0.756. The monoisotopic (exact) mass is 244 g/mol. The molecule has 0 aromatic carbocycles. The predicted octanol–water partition coefficient (Wildman–Crippen LogP) is 1.58. The Morgan fingerprint density at radius 1 is 1.28 bits per heavy atom. The van der Waals surface area contributed by atoms with Gasteiger partial charge in [-0.15, -0.1) is 6.58 Å². The first-order valence-corrected chi connectivity index (χ1v) is 5.71. The summed E-state index contributed by atoms with van der Waals surface area (Å²) in [5.74, 6) is 1.71. The summed E-state index contributed by atoms with van der Waals surface area (Å²) >= 11 is 0. The Balaban J connectivity index is 2.41. The lowest BCUT2D eigenvalue weighted by Gasteiger charge is -2.06. The fourth-order valence-corrected chi connectivity index (χ4v) is 1.64. The number of aromatic nitrogens is 5. The van der Waals surface area contributed by atoms with Crippen molar-refractivity contribution >= 4 is 5.95 Å². The van der Waals surface area contributed by atoms with Gasteiger partial charge in [0.15, 0.2) is 0 Å². The van der Waals surface area contributed by atoms with E-state index in [1.165, 1.54) is 0 Å². The molecule has 0 atom stereocenters. The van der Waals surface area contributed by atoms with E-state index in [-0.39, 0.29) is 0 Å². The first-order valence-electron chi connectivity index (χ1n) is 5.71. The highest BCUT2D eigenvalue weighted by Gasteiger charge is 2.09. The van der Waals surface area contributed by atoms with E-state index in [9.17, 15) is 0 Å². The lowest BCUT2D eigenvalue weighted by Crippen LogP contribution is -2.11. The van der Waals surface area contributed by atoms with Gasteiger partial charge in [-0.05, 0) is 26.8 Å². The third kappa shape index (κ3) is 2.53. The number of aryl methyl sites for hydroxylation is 3. The fourth-order valence-electron chi connectivity index (χ4n) is 1.64. The standard InChI is InChI=1S/C12H16N6/c1-5-6-13-11-14-10(4)15-12(16-11)18-9(3)7-8(2)17-18/h5,7H,1,6H2,2-4H3,(H,13,14,15,16). The summed E-state index contributed by atoms with van der Waals surface area (Å²) in [6.07, 6.45) is 1.75. The molecule has 18 heavy (non-hydrogen) atoms. The Morgan fingerprint density at radius 2 is 2.06 bits per heavy atom. The van der Waals surface area contributed by atoms with E-state index >= 15 is 0 Å². The van der Waals surface area contributed by atoms with Crippen LogP contribution in [0.2, 0.25) is 0 Å². The van der Waals surface area contributed by atoms with Crippen LogP contribution in [0.5, 0.6) is 0 Å². The Bertz CT molecular complexity index is 572. The van der Waals surface area contributed by atoms with E-state index in [2.05, 4.69) is 31.9 Å². The molecule has 2 aromatic rings. The van der Waals surface area contributed by atoms with Gasteiger partial charge in [0.1, 0.15) is 5.82 Å². The molecule has 0 radical (unpaired) electrons. The lowest BCUT2D eigenvalue weighted by atomic mass is 10.4. The zero-order valence-corrected chi connectivity index (χ0v) is 10.8. The van der Waals surface area contributed by atoms with E-state index in [1.807, 2.05) is 26.8 Å². The summed E-state index contributed by atoms with van der Waals surface area (Å²) in [4.78, 5) is 12.8. The molecule has 0 bridgehead atoms. The van der Waals surface area contributed by atoms with Gasteiger partial charge in [-0.2, -0.15) is 20.1 Å². The fraction of sp³-hybridized carbons (Fsp3) is 0.333. The van der Waals surface area contributed by atoms with Crippen molar-refractivity contribution in [2.24, 2.45) is 0 Å². The molecule has 0 amide bonds. The van der Waals surface area contributed by atoms with Crippen LogP contribution in [-0.2, 0) is 0 Å². The SMILES string of the molecule is C=CCNc1nc(C)nc(-n2nc(C)cc2C)n1. The molecule has 0 fully saturated rings. The zero-order chi connectivity index (χ0) is 13.1. The van der Waals surface area contributed by atoms with Crippen LogP contribution in [0.25, 0.3) is 5.95 Å². The molecular formula is C12H16N6. The molecule has 0 aliphatic rings. The molecule has 0 aliphatic carbocycles. The van der Waals surface area contributed by atoms with Crippen molar-refractivity contribution in [3.63, 3.8) is 0 Å². The van der Waals surface area contributed by atoms with E-state index in [4.69, 9.17) is 0 Å². The van der Waals surface area contributed by atoms with Crippen LogP contribution in [0, 0.1) is 20.8 Å². The number of hydrogen-bond acceptors (Lipinski definition) is 5. The van der Waals surface area contributed by atoms with Crippen LogP contribution in [-0.4, -0.2) is 31.3 Å². The van der Waals surface area contributed by atoms with Crippen LogP contribution in [0.15, 0.2) is 18.7 Å². The average molecular weight is 244 g/mol. The maximum absolute atomic E-state index is 4.36. The van der Waals surface area contributed by atoms with Crippen molar-refractivity contribution in [2.75, 3.05) is 11.9 Å². The molecule has 6 heteroatoms. The molecule has 0 spiro atoms. The van der Waals surface area contributed by atoms with Gasteiger partial charge < -0.3 is 5.32 Å². The van der Waals surface area contributed by atoms with E-state index < -0.39 is 0 Å². The zero-order valence-electron chi connectivity index (χ0n) is 10.8. The minimum Gasteiger partial charge on any atom is -0.351 e. The van der Waals surface area contributed by atoms with Gasteiger partial charge in [-0.3, -0.25) is 0 Å². The Kier molecular flexibility index (Phi) is 3.36. The van der Waals surface area contributed by atoms with Crippen molar-refractivity contribution in [1.29, 1.82) is 0 Å². The van der Waals surface area contributed by atoms with Crippen molar-refractivity contribution in [1.82, 2.24) is 24.7 Å². The third-order valence-corrected chi connectivity index (χ3v) is 2.34. The van der Waals surface area contributed by atoms with Crippen molar-refractivity contribution in [3.05, 3.63) is 35.9 Å². The van der Waals surface area contributed by atoms with Gasteiger partial charge in [0.25, 0.3) is 5.95 Å². The molecule has 0 unspecified atom stereocenters. The Labute approximate surface area is 106 Å². The van der Waals surface area contributed by atoms with E-state index in [0.717, 1.165) is 11.4 Å². The molecule has 2 heterocycles. The molecule has 2 rings (SSSR count). The second kappa shape index (κ2) is 4.95. The molecule has 0 saturated heterocycles. The third-order valence-electron chi connectivity index (χ3n) is 2.34. The Hall–Kier alpha value is -2.24. The highest BCUT2D eigenvalue weighted by Crippen LogP contribution is 2.09. The topological polar surface area (TPSA) is 68.5 Å². The summed E-state index contributed by atoms with van der Waals surface area (Å²) in [5, 5.41) is 7.41. The normalized spacial score (nSPS) is 10.4. The number of nitrogens with one attached hydrogen (secondary N) is 1. The summed E-state index contributed by atoms with van der Waals surface area (Å²) in [6.45, 7) is 9.99. The van der Waals surface area contributed by atoms with Gasteiger partial charge in [0.2, 0.25) is 5.95 Å². The smallest absolute Gasteiger partial charge is 0.255 e. The van der Waals surface area contributed by atoms with Crippen molar-refractivity contribution in [2.45, 2.75) is 20.8 Å². The Morgan fingerprint density at radius 3 is 2.67 bits per heavy atom. The van der Waals surface area contributed by atoms with E-state index in [1.54, 1.807) is 10.8 Å². The molecular weight excluding hydrogens is 228 g/mol. The van der Waals surface area contributed by atoms with Crippen LogP contribution in [0.1, 0.15) is 17.2 Å². The molecule has 0 saturated carbocycles. The highest BCUT2D eigenvalue weighted by molar-refractivity contribution is 5.30. The van der Waals surface area contributed by atoms with Gasteiger partial charge in [-0.1, -0.05) is 6.08 Å². The quantitative estimate of drug-likeness (QED) is 0.827. The summed E-state index contributed by atoms with van der Waals surface area (Å²) in [7, 11) is 0. The number of nitrogens with zero attached hydrogens (tertiary/aromatic N) is 5. The molecule has 6 nitrogen and oxygen atoms in total. The molecule has 2 aromatic heterocycles. The summed E-state index contributed by atoms with van der Waals surface area (Å²) < 4.78 is 1.71. The van der Waals surface area contributed by atoms with Crippen molar-refractivity contribution in [3.8, 4) is 5.95 Å². The maximum Gasteiger partial charge on any atom is 0.255 e. The predicted molar refractivity (Wildman–Crippen MR) is 69.8 cm³/mol. The highest BCUT2D eigenvalue weighted by atomic mass is 15.4. The van der Waals surface area contributed by atoms with Gasteiger partial charge in [0, 0.05) is 12.2 Å². The van der Waals surface area contributed by atoms with E-state index in [0.29, 0.717) is 24.3 Å². The van der Waals surface area contributed by atoms with Crippen LogP contribution in [0.4, 0.5) is 5.95 Å². The molecule has 1 N–H and O–H groups in total. The van der Waals surface area contributed by atoms with Crippen LogP contribution < -0.4 is 5.32 Å². The summed E-state index contributed by atoms with van der Waals surface area (Å²) in [6, 6.07) is 1.98. The van der Waals surface area contributed by atoms with Crippen molar-refractivity contribution < 1.29 is 0 Å². The largest absolute Gasteiger partial charge is 0.351 e. The number of anilines is 1. The van der Waals surface area contributed by atoms with Gasteiger partial charge in [0.05, 0.1) is 5.69 Å². The first kappa shape index (κ1) is 12.2. The molecule has 94 valence electrons. The van der Waals surface area contributed by atoms with Crippen LogP contribution >= 0.6 is 0 Å². The average Bonchev–Trinajstić information content (AvgIpc) is 2.65.